The van der Waals surface area contributed by atoms with Gasteiger partial charge in [-0.3, -0.25) is 20.3 Å². The van der Waals surface area contributed by atoms with E-state index in [-0.39, 0.29) is 5.57 Å². The highest BCUT2D eigenvalue weighted by Gasteiger charge is 2.47. The Morgan fingerprint density at radius 2 is 1.87 bits per heavy atom. The summed E-state index contributed by atoms with van der Waals surface area (Å²) in [5.74, 6) is -0.317. The van der Waals surface area contributed by atoms with E-state index in [9.17, 15) is 14.0 Å². The summed E-state index contributed by atoms with van der Waals surface area (Å²) in [4.78, 5) is 24.4. The molecule has 0 aliphatic carbocycles. The van der Waals surface area contributed by atoms with Crippen LogP contribution in [-0.4, -0.2) is 17.7 Å². The summed E-state index contributed by atoms with van der Waals surface area (Å²) >= 11 is 0. The number of pyridine rings is 1. The predicted molar refractivity (Wildman–Crippen MR) is 79.2 cm³/mol. The third kappa shape index (κ3) is 2.67. The van der Waals surface area contributed by atoms with Crippen molar-refractivity contribution in [1.29, 1.82) is 5.41 Å². The maximum absolute atomic E-state index is 13.6. The first-order valence-electron chi connectivity index (χ1n) is 6.98. The SMILES string of the molecule is N=C=C1C(=O)NC(=O)[C@@H]([n+]2ccccc2)[C@@H]1c1cccc(F)c1. The molecule has 3 rings (SSSR count). The molecule has 1 aromatic heterocycles. The van der Waals surface area contributed by atoms with Gasteiger partial charge in [-0.1, -0.05) is 18.2 Å². The number of rotatable bonds is 2. The molecule has 2 amide bonds. The zero-order valence-electron chi connectivity index (χ0n) is 12.0. The first kappa shape index (κ1) is 14.8. The van der Waals surface area contributed by atoms with Gasteiger partial charge in [0.25, 0.3) is 11.8 Å². The molecule has 1 aliphatic heterocycles. The number of hydrogen-bond donors (Lipinski definition) is 2. The quantitative estimate of drug-likeness (QED) is 0.379. The van der Waals surface area contributed by atoms with Gasteiger partial charge in [0.2, 0.25) is 6.04 Å². The Morgan fingerprint density at radius 1 is 1.13 bits per heavy atom. The Kier molecular flexibility index (Phi) is 3.83. The number of nitrogens with zero attached hydrogens (tertiary/aromatic N) is 1. The van der Waals surface area contributed by atoms with E-state index >= 15 is 0 Å². The summed E-state index contributed by atoms with van der Waals surface area (Å²) in [5.41, 5.74) is 0.445. The first-order valence-corrected chi connectivity index (χ1v) is 6.98. The number of carbonyl (C=O) groups excluding carboxylic acids is 2. The number of aromatic nitrogens is 1. The van der Waals surface area contributed by atoms with Crippen molar-refractivity contribution in [2.75, 3.05) is 0 Å². The Morgan fingerprint density at radius 3 is 2.52 bits per heavy atom. The highest BCUT2D eigenvalue weighted by molar-refractivity contribution is 6.13. The van der Waals surface area contributed by atoms with E-state index in [1.807, 2.05) is 0 Å². The van der Waals surface area contributed by atoms with E-state index in [2.05, 4.69) is 11.2 Å². The van der Waals surface area contributed by atoms with Crippen LogP contribution in [0.3, 0.4) is 0 Å². The van der Waals surface area contributed by atoms with E-state index in [4.69, 9.17) is 5.41 Å². The molecule has 23 heavy (non-hydrogen) atoms. The van der Waals surface area contributed by atoms with Gasteiger partial charge in [0.05, 0.1) is 11.5 Å². The molecule has 0 bridgehead atoms. The molecular formula is C17H13FN3O2+. The Bertz CT molecular complexity index is 829. The van der Waals surface area contributed by atoms with Gasteiger partial charge in [0.15, 0.2) is 12.4 Å². The Labute approximate surface area is 131 Å². The number of piperidine rings is 1. The van der Waals surface area contributed by atoms with Gasteiger partial charge < -0.3 is 0 Å². The molecule has 2 N–H and O–H groups in total. The molecule has 6 heteroatoms. The third-order valence-corrected chi connectivity index (χ3v) is 3.78. The van der Waals surface area contributed by atoms with Gasteiger partial charge in [-0.05, 0) is 23.6 Å². The smallest absolute Gasteiger partial charge is 0.286 e. The van der Waals surface area contributed by atoms with Crippen LogP contribution in [0.5, 0.6) is 0 Å². The van der Waals surface area contributed by atoms with Crippen LogP contribution in [0.4, 0.5) is 4.39 Å². The van der Waals surface area contributed by atoms with Gasteiger partial charge in [-0.25, -0.2) is 4.39 Å². The molecule has 0 spiro atoms. The molecule has 1 saturated heterocycles. The van der Waals surface area contributed by atoms with Crippen molar-refractivity contribution in [2.45, 2.75) is 12.0 Å². The summed E-state index contributed by atoms with van der Waals surface area (Å²) in [5, 5.41) is 9.65. The van der Waals surface area contributed by atoms with Crippen molar-refractivity contribution in [3.05, 3.63) is 71.8 Å². The van der Waals surface area contributed by atoms with Crippen molar-refractivity contribution in [1.82, 2.24) is 5.32 Å². The van der Waals surface area contributed by atoms with Crippen molar-refractivity contribution in [3.8, 4) is 0 Å². The van der Waals surface area contributed by atoms with Crippen LogP contribution < -0.4 is 9.88 Å². The first-order chi connectivity index (χ1) is 11.1. The summed E-state index contributed by atoms with van der Waals surface area (Å²) in [6.45, 7) is 0. The lowest BCUT2D eigenvalue weighted by Gasteiger charge is -2.27. The number of nitrogens with one attached hydrogen (secondary N) is 2. The van der Waals surface area contributed by atoms with Crippen LogP contribution in [0.15, 0.2) is 60.4 Å². The Balaban J connectivity index is 2.20. The fourth-order valence-corrected chi connectivity index (χ4v) is 2.79. The zero-order valence-corrected chi connectivity index (χ0v) is 12.0. The van der Waals surface area contributed by atoms with E-state index in [0.29, 0.717) is 5.56 Å². The molecule has 0 unspecified atom stereocenters. The number of benzene rings is 1. The fourth-order valence-electron chi connectivity index (χ4n) is 2.79. The highest BCUT2D eigenvalue weighted by atomic mass is 19.1. The second-order valence-electron chi connectivity index (χ2n) is 5.16. The summed E-state index contributed by atoms with van der Waals surface area (Å²) in [6, 6.07) is 10.2. The van der Waals surface area contributed by atoms with Gasteiger partial charge in [0.1, 0.15) is 5.82 Å². The molecule has 5 nitrogen and oxygen atoms in total. The molecular weight excluding hydrogens is 297 g/mol. The second kappa shape index (κ2) is 5.94. The minimum Gasteiger partial charge on any atom is -0.286 e. The minimum absolute atomic E-state index is 0.00319. The van der Waals surface area contributed by atoms with Crippen LogP contribution in [0.25, 0.3) is 0 Å². The van der Waals surface area contributed by atoms with Crippen molar-refractivity contribution < 1.29 is 18.5 Å². The van der Waals surface area contributed by atoms with Gasteiger partial charge in [0, 0.05) is 12.1 Å². The lowest BCUT2D eigenvalue weighted by molar-refractivity contribution is -0.711. The molecule has 0 saturated carbocycles. The molecule has 114 valence electrons. The highest BCUT2D eigenvalue weighted by Crippen LogP contribution is 2.34. The number of hydrogen-bond acceptors (Lipinski definition) is 3. The topological polar surface area (TPSA) is 73.9 Å². The van der Waals surface area contributed by atoms with E-state index in [0.717, 1.165) is 0 Å². The molecule has 1 aliphatic rings. The molecule has 2 heterocycles. The zero-order chi connectivity index (χ0) is 16.4. The van der Waals surface area contributed by atoms with Crippen LogP contribution in [0.1, 0.15) is 17.5 Å². The third-order valence-electron chi connectivity index (χ3n) is 3.78. The maximum Gasteiger partial charge on any atom is 0.296 e. The monoisotopic (exact) mass is 310 g/mol. The molecule has 2 aromatic rings. The molecule has 1 fully saturated rings. The maximum atomic E-state index is 13.6. The van der Waals surface area contributed by atoms with E-state index < -0.39 is 29.6 Å². The second-order valence-corrected chi connectivity index (χ2v) is 5.16. The predicted octanol–water partition coefficient (Wildman–Crippen LogP) is 1.27. The number of halogens is 1. The van der Waals surface area contributed by atoms with Crippen LogP contribution in [-0.2, 0) is 9.59 Å². The van der Waals surface area contributed by atoms with E-state index in [1.54, 1.807) is 41.2 Å². The van der Waals surface area contributed by atoms with E-state index in [1.165, 1.54) is 18.2 Å². The van der Waals surface area contributed by atoms with Gasteiger partial charge in [-0.15, -0.1) is 0 Å². The average molecular weight is 310 g/mol. The standard InChI is InChI=1S/C17H12FN3O2/c18-12-6-4-5-11(9-12)14-13(10-19)16(22)20-17(23)15(14)21-7-2-1-3-8-21/h1-9,14-15,19H/p+1/t14-,15+/m1/s1. The van der Waals surface area contributed by atoms with Crippen molar-refractivity contribution >= 4 is 17.7 Å². The summed E-state index contributed by atoms with van der Waals surface area (Å²) < 4.78 is 15.2. The fraction of sp³-hybridized carbons (Fsp3) is 0.118. The lowest BCUT2D eigenvalue weighted by Crippen LogP contribution is -2.57. The lowest BCUT2D eigenvalue weighted by atomic mass is 9.81. The van der Waals surface area contributed by atoms with Crippen LogP contribution in [0, 0.1) is 11.2 Å². The summed E-state index contributed by atoms with van der Waals surface area (Å²) in [6.07, 6.45) is 3.38. The van der Waals surface area contributed by atoms with Gasteiger partial charge in [-0.2, -0.15) is 4.57 Å². The minimum atomic E-state index is -0.802. The van der Waals surface area contributed by atoms with Crippen LogP contribution in [0.2, 0.25) is 0 Å². The Hall–Kier alpha value is -3.11. The van der Waals surface area contributed by atoms with Crippen molar-refractivity contribution in [3.63, 3.8) is 0 Å². The number of amides is 2. The average Bonchev–Trinajstić information content (AvgIpc) is 2.55. The van der Waals surface area contributed by atoms with Gasteiger partial charge >= 0.3 is 0 Å². The normalized spacial score (nSPS) is 20.8. The largest absolute Gasteiger partial charge is 0.296 e. The van der Waals surface area contributed by atoms with Crippen LogP contribution >= 0.6 is 0 Å². The molecule has 1 aromatic carbocycles. The molecule has 0 radical (unpaired) electrons. The number of carbonyl (C=O) groups is 2. The van der Waals surface area contributed by atoms with Crippen molar-refractivity contribution in [2.24, 2.45) is 0 Å². The molecule has 2 atom stereocenters. The summed E-state index contributed by atoms with van der Waals surface area (Å²) in [7, 11) is 0. The number of imide groups is 1.